The number of hydrogen-bond acceptors (Lipinski definition) is 3. The Kier molecular flexibility index (Phi) is 17.3. The molecule has 7 heteroatoms. The Morgan fingerprint density at radius 1 is 0.821 bits per heavy atom. The zero-order valence-electron chi connectivity index (χ0n) is 25.1. The highest BCUT2D eigenvalue weighted by molar-refractivity contribution is 7.55. The lowest BCUT2D eigenvalue weighted by Gasteiger charge is -2.37. The van der Waals surface area contributed by atoms with Gasteiger partial charge >= 0.3 is 5.97 Å². The number of ether oxygens (including phenoxy) is 1. The molecule has 0 aliphatic carbocycles. The number of piperidine rings is 1. The molecule has 6 nitrogen and oxygen atoms in total. The summed E-state index contributed by atoms with van der Waals surface area (Å²) in [6.45, 7) is 6.47. The summed E-state index contributed by atoms with van der Waals surface area (Å²) >= 11 is 0. The first-order chi connectivity index (χ1) is 18.8. The molecule has 0 amide bonds. The van der Waals surface area contributed by atoms with Gasteiger partial charge in [0.25, 0.3) is 7.52 Å². The second-order valence-electron chi connectivity index (χ2n) is 12.0. The molecule has 2 rings (SSSR count). The molecular formula is C32H58N2O4P+. The van der Waals surface area contributed by atoms with E-state index in [9.17, 15) is 14.3 Å². The van der Waals surface area contributed by atoms with E-state index in [1.807, 2.05) is 12.1 Å². The molecule has 0 saturated carbocycles. The summed E-state index contributed by atoms with van der Waals surface area (Å²) in [7, 11) is -0.703. The van der Waals surface area contributed by atoms with Crippen LogP contribution in [0.3, 0.4) is 0 Å². The van der Waals surface area contributed by atoms with Crippen LogP contribution >= 0.6 is 7.52 Å². The third-order valence-corrected chi connectivity index (χ3v) is 9.82. The van der Waals surface area contributed by atoms with Gasteiger partial charge in [0.2, 0.25) is 0 Å². The fourth-order valence-electron chi connectivity index (χ4n) is 5.58. The molecule has 1 saturated heterocycles. The standard InChI is InChI=1S/C32H57N2O4P/c1-3-39(36,37)33-25-17-14-12-10-8-6-4-5-7-9-11-13-15-20-28-38-32(35)31-23-21-30(22-24-31)29-34(2)26-18-16-19-27-34/h21-24H,3-20,25-29H2,1-2H3,(H-,33,36,37)/p+1. The SMILES string of the molecule is CCP(=O)(O)NCCCCCCCCCCCCCCCCOC(=O)c1ccc(C[N+]2(C)CCCCC2)cc1. The highest BCUT2D eigenvalue weighted by atomic mass is 31.2. The number of rotatable bonds is 22. The van der Waals surface area contributed by atoms with Crippen LogP contribution in [0.2, 0.25) is 0 Å². The smallest absolute Gasteiger partial charge is 0.338 e. The van der Waals surface area contributed by atoms with E-state index in [0.29, 0.717) is 24.9 Å². The van der Waals surface area contributed by atoms with Gasteiger partial charge in [-0.05, 0) is 44.2 Å². The van der Waals surface area contributed by atoms with Crippen LogP contribution in [0.1, 0.15) is 132 Å². The van der Waals surface area contributed by atoms with Gasteiger partial charge in [-0.25, -0.2) is 9.88 Å². The summed E-state index contributed by atoms with van der Waals surface area (Å²) in [5.74, 6) is -0.192. The van der Waals surface area contributed by atoms with Crippen LogP contribution in [0.5, 0.6) is 0 Å². The Labute approximate surface area is 239 Å². The highest BCUT2D eigenvalue weighted by Gasteiger charge is 2.25. The van der Waals surface area contributed by atoms with Crippen LogP contribution in [0.4, 0.5) is 0 Å². The van der Waals surface area contributed by atoms with E-state index < -0.39 is 7.52 Å². The molecule has 0 bridgehead atoms. The fraction of sp³-hybridized carbons (Fsp3) is 0.781. The summed E-state index contributed by atoms with van der Waals surface area (Å²) in [5, 5.41) is 2.77. The van der Waals surface area contributed by atoms with Crippen LogP contribution in [-0.2, 0) is 15.8 Å². The van der Waals surface area contributed by atoms with Gasteiger partial charge in [0, 0.05) is 18.3 Å². The minimum absolute atomic E-state index is 0.192. The Bertz CT molecular complexity index is 824. The van der Waals surface area contributed by atoms with Crippen LogP contribution in [0, 0.1) is 0 Å². The number of carbonyl (C=O) groups excluding carboxylic acids is 1. The maximum Gasteiger partial charge on any atom is 0.338 e. The predicted octanol–water partition coefficient (Wildman–Crippen LogP) is 8.23. The van der Waals surface area contributed by atoms with Crippen molar-refractivity contribution in [2.24, 2.45) is 0 Å². The fourth-order valence-corrected chi connectivity index (χ4v) is 6.31. The van der Waals surface area contributed by atoms with E-state index in [-0.39, 0.29) is 5.97 Å². The summed E-state index contributed by atoms with van der Waals surface area (Å²) in [5.41, 5.74) is 1.97. The maximum absolute atomic E-state index is 12.4. The average Bonchev–Trinajstić information content (AvgIpc) is 2.92. The number of nitrogens with one attached hydrogen (secondary N) is 1. The zero-order valence-corrected chi connectivity index (χ0v) is 26.0. The lowest BCUT2D eigenvalue weighted by Crippen LogP contribution is -2.46. The van der Waals surface area contributed by atoms with Gasteiger partial charge < -0.3 is 14.1 Å². The second kappa shape index (κ2) is 19.8. The summed E-state index contributed by atoms with van der Waals surface area (Å²) < 4.78 is 18.1. The normalized spacial score (nSPS) is 16.6. The topological polar surface area (TPSA) is 75.6 Å². The number of likely N-dealkylation sites (tertiary alicyclic amines) is 1. The van der Waals surface area contributed by atoms with E-state index in [2.05, 4.69) is 24.3 Å². The molecule has 1 aromatic carbocycles. The Morgan fingerprint density at radius 2 is 1.31 bits per heavy atom. The van der Waals surface area contributed by atoms with Crippen molar-refractivity contribution in [1.82, 2.24) is 5.09 Å². The van der Waals surface area contributed by atoms with Crippen molar-refractivity contribution in [3.05, 3.63) is 35.4 Å². The zero-order chi connectivity index (χ0) is 28.2. The van der Waals surface area contributed by atoms with Crippen molar-refractivity contribution >= 4 is 13.5 Å². The maximum atomic E-state index is 12.4. The van der Waals surface area contributed by atoms with Gasteiger partial charge in [-0.3, -0.25) is 4.57 Å². The van der Waals surface area contributed by atoms with Crippen molar-refractivity contribution < 1.29 is 23.5 Å². The molecule has 1 aliphatic heterocycles. The Morgan fingerprint density at radius 3 is 1.82 bits per heavy atom. The van der Waals surface area contributed by atoms with E-state index >= 15 is 0 Å². The van der Waals surface area contributed by atoms with E-state index in [1.54, 1.807) is 6.92 Å². The van der Waals surface area contributed by atoms with E-state index in [1.165, 1.54) is 102 Å². The van der Waals surface area contributed by atoms with Crippen LogP contribution in [-0.4, -0.2) is 54.8 Å². The summed E-state index contributed by atoms with van der Waals surface area (Å²) in [4.78, 5) is 21.8. The number of hydrogen-bond donors (Lipinski definition) is 2. The highest BCUT2D eigenvalue weighted by Crippen LogP contribution is 2.33. The molecular weight excluding hydrogens is 507 g/mol. The molecule has 0 radical (unpaired) electrons. The molecule has 224 valence electrons. The Balaban J connectivity index is 1.35. The lowest BCUT2D eigenvalue weighted by atomic mass is 10.0. The molecule has 1 unspecified atom stereocenters. The molecule has 1 atom stereocenters. The molecule has 1 heterocycles. The Hall–Kier alpha value is -1.20. The van der Waals surface area contributed by atoms with Crippen LogP contribution < -0.4 is 5.09 Å². The molecule has 2 N–H and O–H groups in total. The summed E-state index contributed by atoms with van der Waals surface area (Å²) in [6.07, 6.45) is 21.5. The first-order valence-corrected chi connectivity index (χ1v) is 17.8. The predicted molar refractivity (Wildman–Crippen MR) is 163 cm³/mol. The first-order valence-electron chi connectivity index (χ1n) is 16.0. The molecule has 39 heavy (non-hydrogen) atoms. The van der Waals surface area contributed by atoms with Crippen molar-refractivity contribution in [3.8, 4) is 0 Å². The number of quaternary nitrogens is 1. The van der Waals surface area contributed by atoms with Crippen molar-refractivity contribution in [1.29, 1.82) is 0 Å². The molecule has 1 aromatic rings. The van der Waals surface area contributed by atoms with Gasteiger partial charge in [0.15, 0.2) is 0 Å². The molecule has 1 fully saturated rings. The third kappa shape index (κ3) is 16.0. The monoisotopic (exact) mass is 565 g/mol. The van der Waals surface area contributed by atoms with Gasteiger partial charge in [0.05, 0.1) is 32.3 Å². The number of esters is 1. The number of benzene rings is 1. The molecule has 1 aliphatic rings. The van der Waals surface area contributed by atoms with Gasteiger partial charge in [-0.15, -0.1) is 0 Å². The van der Waals surface area contributed by atoms with E-state index in [0.717, 1.165) is 36.7 Å². The van der Waals surface area contributed by atoms with Crippen molar-refractivity contribution in [2.75, 3.05) is 39.5 Å². The minimum atomic E-state index is -3.05. The number of carbonyl (C=O) groups is 1. The number of nitrogens with zero attached hydrogens (tertiary/aromatic N) is 1. The largest absolute Gasteiger partial charge is 0.462 e. The average molecular weight is 566 g/mol. The minimum Gasteiger partial charge on any atom is -0.462 e. The quantitative estimate of drug-likeness (QED) is 0.0641. The van der Waals surface area contributed by atoms with Crippen molar-refractivity contribution in [3.63, 3.8) is 0 Å². The van der Waals surface area contributed by atoms with Crippen molar-refractivity contribution in [2.45, 2.75) is 123 Å². The van der Waals surface area contributed by atoms with Gasteiger partial charge in [0.1, 0.15) is 6.54 Å². The lowest BCUT2D eigenvalue weighted by molar-refractivity contribution is -0.926. The molecule has 0 spiro atoms. The molecule has 0 aromatic heterocycles. The second-order valence-corrected chi connectivity index (χ2v) is 14.3. The number of unbranched alkanes of at least 4 members (excludes halogenated alkanes) is 13. The van der Waals surface area contributed by atoms with Gasteiger partial charge in [-0.1, -0.05) is 96.1 Å². The van der Waals surface area contributed by atoms with E-state index in [4.69, 9.17) is 4.74 Å². The third-order valence-electron chi connectivity index (χ3n) is 8.24. The summed E-state index contributed by atoms with van der Waals surface area (Å²) in [6, 6.07) is 8.06. The van der Waals surface area contributed by atoms with Crippen LogP contribution in [0.15, 0.2) is 24.3 Å². The van der Waals surface area contributed by atoms with Gasteiger partial charge in [-0.2, -0.15) is 0 Å². The first kappa shape index (κ1) is 34.0. The van der Waals surface area contributed by atoms with Crippen LogP contribution in [0.25, 0.3) is 0 Å².